The largest absolute Gasteiger partial charge is 0.463 e. The molecule has 0 aromatic heterocycles. The van der Waals surface area contributed by atoms with Gasteiger partial charge in [-0.15, -0.1) is 0 Å². The average Bonchev–Trinajstić information content (AvgIpc) is 3.29. The van der Waals surface area contributed by atoms with Crippen LogP contribution in [0.1, 0.15) is 62.3 Å². The van der Waals surface area contributed by atoms with Gasteiger partial charge in [0.1, 0.15) is 6.10 Å². The number of methoxy groups -OCH3 is 1. The normalized spacial score (nSPS) is 17.5. The minimum absolute atomic E-state index is 0.0238. The van der Waals surface area contributed by atoms with Crippen molar-refractivity contribution in [3.63, 3.8) is 0 Å². The van der Waals surface area contributed by atoms with Crippen molar-refractivity contribution in [3.8, 4) is 0 Å². The molecule has 6 aromatic rings. The predicted molar refractivity (Wildman–Crippen MR) is 269 cm³/mol. The van der Waals surface area contributed by atoms with Crippen LogP contribution in [-0.2, 0) is 27.5 Å². The highest BCUT2D eigenvalue weighted by molar-refractivity contribution is 7.01. The van der Waals surface area contributed by atoms with Gasteiger partial charge in [-0.25, -0.2) is 4.79 Å². The lowest BCUT2D eigenvalue weighted by Gasteiger charge is -2.53. The Morgan fingerprint density at radius 1 is 0.422 bits per heavy atom. The molecule has 1 heterocycles. The van der Waals surface area contributed by atoms with Crippen molar-refractivity contribution in [3.05, 3.63) is 194 Å². The summed E-state index contributed by atoms with van der Waals surface area (Å²) in [6, 6.07) is 63.4. The van der Waals surface area contributed by atoms with Gasteiger partial charge in [0, 0.05) is 0 Å². The van der Waals surface area contributed by atoms with E-state index in [1.54, 1.807) is 6.08 Å². The topological polar surface area (TPSA) is 63.2 Å². The molecule has 0 saturated carbocycles. The highest BCUT2D eigenvalue weighted by atomic mass is 28.4. The van der Waals surface area contributed by atoms with Crippen LogP contribution in [0.4, 0.5) is 0 Å². The highest BCUT2D eigenvalue weighted by Gasteiger charge is 2.60. The Morgan fingerprint density at radius 2 is 0.688 bits per heavy atom. The molecule has 0 fully saturated rings. The molecule has 1 aliphatic rings. The molecule has 0 radical (unpaired) electrons. The predicted octanol–water partition coefficient (Wildman–Crippen LogP) is 8.87. The fourth-order valence-corrected chi connectivity index (χ4v) is 23.7. The summed E-state index contributed by atoms with van der Waals surface area (Å²) >= 11 is 0. The Morgan fingerprint density at radius 3 is 0.953 bits per heavy atom. The minimum Gasteiger partial charge on any atom is -0.463 e. The highest BCUT2D eigenvalue weighted by Crippen LogP contribution is 2.45. The SMILES string of the molecule is COC(=O)C1=C[C@@H](O[Si](c2ccccc2)(c2ccccc2)C(C)(C)C)[C@H](O[Si](c2ccccc2)(c2ccccc2)C(C)(C)C)[C@@H](O[Si](c2ccccc2)(c2ccccc2)C(C)(C)C)O1. The summed E-state index contributed by atoms with van der Waals surface area (Å²) < 4.78 is 37.0. The van der Waals surface area contributed by atoms with Crippen LogP contribution in [0.3, 0.4) is 0 Å². The number of carbonyl (C=O) groups excluding carboxylic acids is 1. The molecule has 7 rings (SSSR count). The third kappa shape index (κ3) is 8.69. The van der Waals surface area contributed by atoms with Gasteiger partial charge in [-0.05, 0) is 52.3 Å². The standard InChI is InChI=1S/C55H64O6Si3/c1-53(2,3)62(42-29-17-11-18-30-42,43-31-19-12-20-32-43)59-48-41-49(51(56)57-10)58-52(61-64(55(7,8)9,46-37-25-15-26-38-46)47-39-27-16-28-40-47)50(48)60-63(54(4,5)6,44-33-21-13-22-34-44)45-35-23-14-24-36-45/h11-41,48,50,52H,1-10H3/t48-,50+,52-/m1/s1. The number of hydrogen-bond acceptors (Lipinski definition) is 6. The zero-order valence-electron chi connectivity index (χ0n) is 39.1. The summed E-state index contributed by atoms with van der Waals surface area (Å²) in [7, 11) is -8.76. The Balaban J connectivity index is 1.58. The maximum atomic E-state index is 14.1. The first-order valence-corrected chi connectivity index (χ1v) is 28.1. The molecule has 64 heavy (non-hydrogen) atoms. The lowest BCUT2D eigenvalue weighted by Crippen LogP contribution is -2.74. The van der Waals surface area contributed by atoms with Crippen molar-refractivity contribution < 1.29 is 27.5 Å². The third-order valence-electron chi connectivity index (χ3n) is 12.7. The molecule has 6 nitrogen and oxygen atoms in total. The van der Waals surface area contributed by atoms with E-state index in [1.807, 2.05) is 24.3 Å². The first-order chi connectivity index (χ1) is 30.5. The third-order valence-corrected chi connectivity index (χ3v) is 27.8. The molecule has 0 saturated heterocycles. The number of esters is 1. The van der Waals surface area contributed by atoms with E-state index < -0.39 is 64.5 Å². The minimum atomic E-state index is -3.40. The van der Waals surface area contributed by atoms with Gasteiger partial charge in [-0.1, -0.05) is 244 Å². The van der Waals surface area contributed by atoms with Gasteiger partial charge < -0.3 is 22.8 Å². The molecular weight excluding hydrogens is 841 g/mol. The molecule has 0 spiro atoms. The number of benzene rings is 6. The summed E-state index contributed by atoms with van der Waals surface area (Å²) in [4.78, 5) is 14.1. The second-order valence-electron chi connectivity index (χ2n) is 19.8. The maximum Gasteiger partial charge on any atom is 0.373 e. The van der Waals surface area contributed by atoms with Crippen LogP contribution in [0.25, 0.3) is 0 Å². The number of hydrogen-bond donors (Lipinski definition) is 0. The quantitative estimate of drug-likeness (QED) is 0.0854. The monoisotopic (exact) mass is 904 g/mol. The molecule has 332 valence electrons. The van der Waals surface area contributed by atoms with E-state index in [4.69, 9.17) is 22.8 Å². The second kappa shape index (κ2) is 18.8. The maximum absolute atomic E-state index is 14.1. The summed E-state index contributed by atoms with van der Waals surface area (Å²) in [5, 5.41) is 5.26. The van der Waals surface area contributed by atoms with Gasteiger partial charge in [-0.3, -0.25) is 0 Å². The average molecular weight is 905 g/mol. The van der Waals surface area contributed by atoms with Crippen molar-refractivity contribution in [1.82, 2.24) is 0 Å². The summed E-state index contributed by atoms with van der Waals surface area (Å²) in [5.74, 6) is -0.591. The van der Waals surface area contributed by atoms with Gasteiger partial charge in [0.05, 0.1) is 13.2 Å². The van der Waals surface area contributed by atoms with Crippen molar-refractivity contribution in [2.24, 2.45) is 0 Å². The van der Waals surface area contributed by atoms with Gasteiger partial charge in [0.25, 0.3) is 25.0 Å². The first kappa shape index (κ1) is 46.8. The number of rotatable bonds is 13. The van der Waals surface area contributed by atoms with Crippen LogP contribution in [0, 0.1) is 0 Å². The van der Waals surface area contributed by atoms with Gasteiger partial charge >= 0.3 is 5.97 Å². The van der Waals surface area contributed by atoms with E-state index >= 15 is 0 Å². The van der Waals surface area contributed by atoms with Crippen LogP contribution < -0.4 is 31.1 Å². The molecule has 0 bridgehead atoms. The van der Waals surface area contributed by atoms with E-state index in [2.05, 4.69) is 220 Å². The zero-order chi connectivity index (χ0) is 45.8. The molecular formula is C55H64O6Si3. The van der Waals surface area contributed by atoms with Crippen LogP contribution in [0.2, 0.25) is 15.1 Å². The lowest BCUT2D eigenvalue weighted by molar-refractivity contribution is -0.171. The molecule has 0 amide bonds. The van der Waals surface area contributed by atoms with E-state index in [0.717, 1.165) is 31.1 Å². The lowest BCUT2D eigenvalue weighted by atomic mass is 10.1. The van der Waals surface area contributed by atoms with Crippen LogP contribution >= 0.6 is 0 Å². The smallest absolute Gasteiger partial charge is 0.373 e. The zero-order valence-corrected chi connectivity index (χ0v) is 42.1. The molecule has 0 N–H and O–H groups in total. The van der Waals surface area contributed by atoms with Gasteiger partial charge in [0.15, 0.2) is 0 Å². The van der Waals surface area contributed by atoms with E-state index in [9.17, 15) is 4.79 Å². The van der Waals surface area contributed by atoms with Crippen molar-refractivity contribution >= 4 is 62.0 Å². The Bertz CT molecular complexity index is 2350. The van der Waals surface area contributed by atoms with E-state index in [-0.39, 0.29) is 5.76 Å². The molecule has 0 aliphatic carbocycles. The van der Waals surface area contributed by atoms with Gasteiger partial charge in [0.2, 0.25) is 12.0 Å². The Labute approximate surface area is 384 Å². The molecule has 9 heteroatoms. The van der Waals surface area contributed by atoms with Crippen molar-refractivity contribution in [1.29, 1.82) is 0 Å². The fourth-order valence-electron chi connectivity index (χ4n) is 9.82. The van der Waals surface area contributed by atoms with Crippen molar-refractivity contribution in [2.75, 3.05) is 7.11 Å². The molecule has 6 aromatic carbocycles. The number of ether oxygens (including phenoxy) is 2. The fraction of sp³-hybridized carbons (Fsp3) is 0.291. The van der Waals surface area contributed by atoms with Crippen LogP contribution in [0.15, 0.2) is 194 Å². The van der Waals surface area contributed by atoms with Crippen LogP contribution in [-0.4, -0.2) is 56.5 Å². The molecule has 0 unspecified atom stereocenters. The van der Waals surface area contributed by atoms with Gasteiger partial charge in [-0.2, -0.15) is 0 Å². The Hall–Kier alpha value is -5.14. The summed E-state index contributed by atoms with van der Waals surface area (Å²) in [6.45, 7) is 20.3. The van der Waals surface area contributed by atoms with Crippen molar-refractivity contribution in [2.45, 2.75) is 95.9 Å². The molecule has 1 aliphatic heterocycles. The Kier molecular flexibility index (Phi) is 13.7. The van der Waals surface area contributed by atoms with Crippen LogP contribution in [0.5, 0.6) is 0 Å². The summed E-state index contributed by atoms with van der Waals surface area (Å²) in [5.41, 5.74) is 0. The van der Waals surface area contributed by atoms with E-state index in [0.29, 0.717) is 0 Å². The molecule has 3 atom stereocenters. The number of carbonyl (C=O) groups is 1. The summed E-state index contributed by atoms with van der Waals surface area (Å²) in [6.07, 6.45) is -1.10. The first-order valence-electron chi connectivity index (χ1n) is 22.3. The second-order valence-corrected chi connectivity index (χ2v) is 32.5. The van der Waals surface area contributed by atoms with E-state index in [1.165, 1.54) is 7.11 Å².